The van der Waals surface area contributed by atoms with Crippen LogP contribution < -0.4 is 29.6 Å². The lowest BCUT2D eigenvalue weighted by Gasteiger charge is -2.39. The van der Waals surface area contributed by atoms with Crippen molar-refractivity contribution in [2.75, 3.05) is 27.6 Å². The van der Waals surface area contributed by atoms with Crippen molar-refractivity contribution in [1.29, 1.82) is 0 Å². The Hall–Kier alpha value is -4.45. The molecule has 1 fully saturated rings. The minimum atomic E-state index is -0.627. The highest BCUT2D eigenvalue weighted by Gasteiger charge is 2.53. The van der Waals surface area contributed by atoms with Crippen molar-refractivity contribution >= 4 is 29.2 Å². The number of phenolic OH excluding ortho intramolecular Hbond substituents is 1. The lowest BCUT2D eigenvalue weighted by atomic mass is 9.65. The van der Waals surface area contributed by atoms with Crippen LogP contribution in [0.25, 0.3) is 0 Å². The normalized spacial score (nSPS) is 22.4. The van der Waals surface area contributed by atoms with Gasteiger partial charge in [-0.15, -0.1) is 0 Å². The summed E-state index contributed by atoms with van der Waals surface area (Å²) in [5.74, 6) is -0.907. The number of fused-ring (bicyclic) bond motifs is 3. The Morgan fingerprint density at radius 1 is 1.05 bits per heavy atom. The van der Waals surface area contributed by atoms with E-state index in [1.54, 1.807) is 18.2 Å². The van der Waals surface area contributed by atoms with Gasteiger partial charge < -0.3 is 38.5 Å². The van der Waals surface area contributed by atoms with Crippen molar-refractivity contribution in [2.45, 2.75) is 12.0 Å². The first-order valence-electron chi connectivity index (χ1n) is 12.1. The fourth-order valence-corrected chi connectivity index (χ4v) is 5.81. The molecule has 1 saturated heterocycles. The predicted octanol–water partition coefficient (Wildman–Crippen LogP) is 3.01. The highest BCUT2D eigenvalue weighted by molar-refractivity contribution is 7.80. The number of amides is 1. The number of hydrogen-bond acceptors (Lipinski definition) is 10. The molecule has 3 aliphatic rings. The zero-order valence-electron chi connectivity index (χ0n) is 20.9. The molecule has 0 saturated carbocycles. The fraction of sp³-hybridized carbons (Fsp3) is 0.296. The summed E-state index contributed by atoms with van der Waals surface area (Å²) < 4.78 is 32.8. The number of benzene rings is 2. The van der Waals surface area contributed by atoms with Crippen LogP contribution in [0.15, 0.2) is 47.1 Å². The molecule has 1 aliphatic carbocycles. The van der Waals surface area contributed by atoms with Crippen LogP contribution in [0, 0.1) is 11.8 Å². The highest BCUT2D eigenvalue weighted by Crippen LogP contribution is 2.55. The Bertz CT molecular complexity index is 1450. The third kappa shape index (κ3) is 4.16. The van der Waals surface area contributed by atoms with Gasteiger partial charge in [-0.2, -0.15) is 0 Å². The van der Waals surface area contributed by atoms with Crippen LogP contribution in [0.2, 0.25) is 0 Å². The topological polar surface area (TPSA) is 138 Å². The van der Waals surface area contributed by atoms with Crippen LogP contribution in [0.3, 0.4) is 0 Å². The number of carbonyl (C=O) groups is 2. The van der Waals surface area contributed by atoms with Crippen molar-refractivity contribution in [3.63, 3.8) is 0 Å². The second kappa shape index (κ2) is 9.70. The number of nitrogens with one attached hydrogen (secondary N) is 2. The molecule has 3 aromatic rings. The molecule has 3 heterocycles. The van der Waals surface area contributed by atoms with Crippen LogP contribution in [-0.2, 0) is 9.53 Å². The molecule has 4 atom stereocenters. The number of hydrogen-bond donors (Lipinski definition) is 3. The maximum absolute atomic E-state index is 13.2. The maximum atomic E-state index is 13.2. The van der Waals surface area contributed by atoms with E-state index in [0.717, 1.165) is 11.1 Å². The molecule has 11 nitrogen and oxygen atoms in total. The summed E-state index contributed by atoms with van der Waals surface area (Å²) in [7, 11) is 2.88. The molecular formula is C27H24N2O9S. The molecule has 2 aromatic carbocycles. The number of phenols is 1. The first-order chi connectivity index (χ1) is 18.9. The van der Waals surface area contributed by atoms with Crippen molar-refractivity contribution in [3.05, 3.63) is 65.1 Å². The number of carbonyl (C=O) groups excluding carboxylic acids is 2. The number of furan rings is 1. The number of cyclic esters (lactones) is 1. The van der Waals surface area contributed by atoms with Gasteiger partial charge in [0.2, 0.25) is 12.5 Å². The zero-order chi connectivity index (χ0) is 27.3. The molecule has 0 spiro atoms. The average molecular weight is 553 g/mol. The molecule has 6 rings (SSSR count). The van der Waals surface area contributed by atoms with Gasteiger partial charge in [-0.05, 0) is 65.3 Å². The monoisotopic (exact) mass is 552 g/mol. The molecule has 0 bridgehead atoms. The van der Waals surface area contributed by atoms with Gasteiger partial charge in [-0.25, -0.2) is 0 Å². The van der Waals surface area contributed by atoms with Crippen LogP contribution in [0.1, 0.15) is 39.2 Å². The molecular weight excluding hydrogens is 528 g/mol. The Labute approximate surface area is 227 Å². The smallest absolute Gasteiger partial charge is 0.310 e. The number of esters is 1. The van der Waals surface area contributed by atoms with Crippen LogP contribution >= 0.6 is 12.2 Å². The predicted molar refractivity (Wildman–Crippen MR) is 138 cm³/mol. The molecule has 2 aliphatic heterocycles. The van der Waals surface area contributed by atoms with Crippen LogP contribution in [0.5, 0.6) is 28.7 Å². The van der Waals surface area contributed by atoms with E-state index in [1.165, 1.54) is 26.5 Å². The van der Waals surface area contributed by atoms with Gasteiger partial charge in [0.05, 0.1) is 39.0 Å². The largest absolute Gasteiger partial charge is 0.502 e. The molecule has 12 heteroatoms. The van der Waals surface area contributed by atoms with Gasteiger partial charge in [0, 0.05) is 11.8 Å². The van der Waals surface area contributed by atoms with Crippen molar-refractivity contribution in [1.82, 2.24) is 10.6 Å². The van der Waals surface area contributed by atoms with Crippen molar-refractivity contribution in [3.8, 4) is 28.7 Å². The van der Waals surface area contributed by atoms with Crippen LogP contribution in [-0.4, -0.2) is 49.7 Å². The molecule has 1 aromatic heterocycles. The van der Waals surface area contributed by atoms with Gasteiger partial charge >= 0.3 is 5.97 Å². The van der Waals surface area contributed by atoms with Gasteiger partial charge in [0.25, 0.3) is 5.91 Å². The van der Waals surface area contributed by atoms with Gasteiger partial charge in [0.1, 0.15) is 0 Å². The SMILES string of the molecule is COc1cc([C@@H]2c3cc4c(cc3[C@@H](NC(=S)NC(=O)c3ccco3)[C@H]3COC(=O)[C@H]23)OCO4)cc(OC)c1O. The lowest BCUT2D eigenvalue weighted by Crippen LogP contribution is -2.47. The quantitative estimate of drug-likeness (QED) is 0.318. The Morgan fingerprint density at radius 2 is 1.74 bits per heavy atom. The molecule has 202 valence electrons. The molecule has 3 N–H and O–H groups in total. The minimum absolute atomic E-state index is 0.0638. The molecule has 1 amide bonds. The number of methoxy groups -OCH3 is 2. The summed E-state index contributed by atoms with van der Waals surface area (Å²) in [6.45, 7) is 0.195. The number of thiocarbonyl (C=S) groups is 1. The Morgan fingerprint density at radius 3 is 2.38 bits per heavy atom. The van der Waals surface area contributed by atoms with Crippen LogP contribution in [0.4, 0.5) is 0 Å². The number of aromatic hydroxyl groups is 1. The van der Waals surface area contributed by atoms with Gasteiger partial charge in [0.15, 0.2) is 33.9 Å². The Balaban J connectivity index is 1.45. The van der Waals surface area contributed by atoms with E-state index < -0.39 is 23.8 Å². The zero-order valence-corrected chi connectivity index (χ0v) is 21.7. The van der Waals surface area contributed by atoms with E-state index in [0.29, 0.717) is 17.1 Å². The second-order valence-electron chi connectivity index (χ2n) is 9.29. The van der Waals surface area contributed by atoms with E-state index in [2.05, 4.69) is 10.6 Å². The number of rotatable bonds is 5. The summed E-state index contributed by atoms with van der Waals surface area (Å²) in [5.41, 5.74) is 2.25. The first kappa shape index (κ1) is 24.9. The maximum Gasteiger partial charge on any atom is 0.310 e. The van der Waals surface area contributed by atoms with E-state index >= 15 is 0 Å². The summed E-state index contributed by atoms with van der Waals surface area (Å²) in [6.07, 6.45) is 1.39. The average Bonchev–Trinajstić information content (AvgIpc) is 3.70. The summed E-state index contributed by atoms with van der Waals surface area (Å²) in [4.78, 5) is 25.8. The summed E-state index contributed by atoms with van der Waals surface area (Å²) >= 11 is 5.48. The summed E-state index contributed by atoms with van der Waals surface area (Å²) in [6, 6.07) is 9.68. The van der Waals surface area contributed by atoms with Crippen molar-refractivity contribution < 1.29 is 42.8 Å². The van der Waals surface area contributed by atoms with Crippen molar-refractivity contribution in [2.24, 2.45) is 11.8 Å². The standard InChI is InChI=1S/C27H24N2O9S/c1-33-19-6-12(7-20(34-2)24(19)30)21-13-8-17-18(38-11-37-17)9-14(13)23(15-10-36-26(32)22(15)21)28-27(39)29-25(31)16-4-3-5-35-16/h3-9,15,21-23,30H,10-11H2,1-2H3,(H2,28,29,31,39)/t15-,21+,22-,23+/m0/s1. The van der Waals surface area contributed by atoms with Gasteiger partial charge in [-0.3, -0.25) is 14.9 Å². The highest BCUT2D eigenvalue weighted by atomic mass is 32.1. The first-order valence-corrected chi connectivity index (χ1v) is 12.5. The van der Waals surface area contributed by atoms with Gasteiger partial charge in [-0.1, -0.05) is 0 Å². The van der Waals surface area contributed by atoms with E-state index in [9.17, 15) is 14.7 Å². The van der Waals surface area contributed by atoms with E-state index in [1.807, 2.05) is 12.1 Å². The third-order valence-corrected chi connectivity index (χ3v) is 7.53. The molecule has 0 unspecified atom stereocenters. The second-order valence-corrected chi connectivity index (χ2v) is 9.70. The summed E-state index contributed by atoms with van der Waals surface area (Å²) in [5, 5.41) is 16.4. The lowest BCUT2D eigenvalue weighted by molar-refractivity contribution is -0.141. The third-order valence-electron chi connectivity index (χ3n) is 7.31. The number of ether oxygens (including phenoxy) is 5. The molecule has 39 heavy (non-hydrogen) atoms. The fourth-order valence-electron chi connectivity index (χ4n) is 5.59. The van der Waals surface area contributed by atoms with E-state index in [4.69, 9.17) is 40.3 Å². The minimum Gasteiger partial charge on any atom is -0.502 e. The molecule has 0 radical (unpaired) electrons. The van der Waals surface area contributed by atoms with E-state index in [-0.39, 0.29) is 53.4 Å². The Kier molecular flexibility index (Phi) is 6.18.